The summed E-state index contributed by atoms with van der Waals surface area (Å²) in [4.78, 5) is 10.7. The molecule has 0 amide bonds. The monoisotopic (exact) mass is 286 g/mol. The minimum atomic E-state index is -0.367. The van der Waals surface area contributed by atoms with Crippen LogP contribution in [0.25, 0.3) is 0 Å². The highest BCUT2D eigenvalue weighted by Gasteiger charge is 2.13. The number of nitro groups is 1. The van der Waals surface area contributed by atoms with E-state index in [1.807, 2.05) is 38.1 Å². The molecule has 0 aromatic heterocycles. The quantitative estimate of drug-likeness (QED) is 0.648. The van der Waals surface area contributed by atoms with Gasteiger partial charge in [-0.25, -0.2) is 0 Å². The largest absolute Gasteiger partial charge is 0.507 e. The molecule has 0 unspecified atom stereocenters. The Kier molecular flexibility index (Phi) is 4.42. The molecule has 0 saturated carbocycles. The minimum Gasteiger partial charge on any atom is -0.507 e. The van der Waals surface area contributed by atoms with Gasteiger partial charge in [-0.3, -0.25) is 10.1 Å². The lowest BCUT2D eigenvalue weighted by Crippen LogP contribution is -2.02. The number of nitro benzene ring substituents is 1. The van der Waals surface area contributed by atoms with Crippen LogP contribution in [0.3, 0.4) is 0 Å². The van der Waals surface area contributed by atoms with Crippen LogP contribution in [-0.2, 0) is 13.0 Å². The molecule has 0 fully saturated rings. The number of para-hydroxylation sites is 1. The van der Waals surface area contributed by atoms with Gasteiger partial charge in [0.15, 0.2) is 0 Å². The second-order valence-corrected chi connectivity index (χ2v) is 4.89. The van der Waals surface area contributed by atoms with Crippen molar-refractivity contribution >= 4 is 11.4 Å². The zero-order chi connectivity index (χ0) is 15.4. The zero-order valence-electron chi connectivity index (χ0n) is 12.1. The Labute approximate surface area is 123 Å². The van der Waals surface area contributed by atoms with E-state index < -0.39 is 0 Å². The van der Waals surface area contributed by atoms with Crippen molar-refractivity contribution in [1.82, 2.24) is 0 Å². The summed E-state index contributed by atoms with van der Waals surface area (Å²) in [5.41, 5.74) is 3.07. The summed E-state index contributed by atoms with van der Waals surface area (Å²) in [6, 6.07) is 10.6. The van der Waals surface area contributed by atoms with Crippen LogP contribution in [0.15, 0.2) is 36.4 Å². The van der Waals surface area contributed by atoms with Crippen molar-refractivity contribution in [3.8, 4) is 5.75 Å². The van der Waals surface area contributed by atoms with Gasteiger partial charge in [0, 0.05) is 29.4 Å². The van der Waals surface area contributed by atoms with Crippen molar-refractivity contribution in [2.45, 2.75) is 26.8 Å². The van der Waals surface area contributed by atoms with E-state index in [1.54, 1.807) is 6.07 Å². The van der Waals surface area contributed by atoms with E-state index in [4.69, 9.17) is 0 Å². The third-order valence-corrected chi connectivity index (χ3v) is 3.47. The van der Waals surface area contributed by atoms with Gasteiger partial charge in [-0.2, -0.15) is 0 Å². The molecule has 0 spiro atoms. The lowest BCUT2D eigenvalue weighted by atomic mass is 10.1. The number of aromatic hydroxyl groups is 1. The first-order chi connectivity index (χ1) is 10.0. The summed E-state index contributed by atoms with van der Waals surface area (Å²) in [5.74, 6) is 0.254. The lowest BCUT2D eigenvalue weighted by molar-refractivity contribution is -0.385. The number of rotatable bonds is 5. The summed E-state index contributed by atoms with van der Waals surface area (Å²) in [6.45, 7) is 4.13. The summed E-state index contributed by atoms with van der Waals surface area (Å²) < 4.78 is 0. The first-order valence-electron chi connectivity index (χ1n) is 6.81. The Bertz CT molecular complexity index is 669. The van der Waals surface area contributed by atoms with Gasteiger partial charge in [0.2, 0.25) is 0 Å². The van der Waals surface area contributed by atoms with E-state index in [1.165, 1.54) is 6.07 Å². The van der Waals surface area contributed by atoms with Gasteiger partial charge in [0.25, 0.3) is 5.69 Å². The van der Waals surface area contributed by atoms with E-state index in [-0.39, 0.29) is 16.4 Å². The molecule has 2 aromatic rings. The predicted octanol–water partition coefficient (Wildman–Crippen LogP) is 3.78. The van der Waals surface area contributed by atoms with Gasteiger partial charge in [-0.15, -0.1) is 0 Å². The molecule has 2 rings (SSSR count). The van der Waals surface area contributed by atoms with Gasteiger partial charge in [0.1, 0.15) is 5.75 Å². The van der Waals surface area contributed by atoms with E-state index in [0.29, 0.717) is 24.2 Å². The van der Waals surface area contributed by atoms with Crippen molar-refractivity contribution in [3.63, 3.8) is 0 Å². The van der Waals surface area contributed by atoms with Gasteiger partial charge in [0.05, 0.1) is 4.92 Å². The molecule has 0 atom stereocenters. The molecule has 5 heteroatoms. The first kappa shape index (κ1) is 14.8. The Morgan fingerprint density at radius 2 is 2.00 bits per heavy atom. The maximum Gasteiger partial charge on any atom is 0.274 e. The fourth-order valence-corrected chi connectivity index (χ4v) is 2.20. The molecular weight excluding hydrogens is 268 g/mol. The number of phenolic OH excluding ortho intramolecular Hbond substituents is 1. The van der Waals surface area contributed by atoms with Gasteiger partial charge in [-0.1, -0.05) is 31.2 Å². The van der Waals surface area contributed by atoms with E-state index in [2.05, 4.69) is 5.32 Å². The normalized spacial score (nSPS) is 10.4. The zero-order valence-corrected chi connectivity index (χ0v) is 12.1. The van der Waals surface area contributed by atoms with Crippen molar-refractivity contribution in [2.24, 2.45) is 0 Å². The molecular formula is C16H18N2O3. The van der Waals surface area contributed by atoms with Crippen LogP contribution in [0.2, 0.25) is 0 Å². The van der Waals surface area contributed by atoms with Crippen LogP contribution in [0.1, 0.15) is 23.6 Å². The van der Waals surface area contributed by atoms with Crippen molar-refractivity contribution in [2.75, 3.05) is 5.32 Å². The molecule has 0 aliphatic rings. The molecule has 0 aliphatic heterocycles. The summed E-state index contributed by atoms with van der Waals surface area (Å²) in [6.07, 6.45) is 0.620. The molecule has 5 nitrogen and oxygen atoms in total. The van der Waals surface area contributed by atoms with E-state index in [0.717, 1.165) is 11.1 Å². The predicted molar refractivity (Wildman–Crippen MR) is 82.6 cm³/mol. The summed E-state index contributed by atoms with van der Waals surface area (Å²) >= 11 is 0. The van der Waals surface area contributed by atoms with E-state index in [9.17, 15) is 15.2 Å². The number of nitrogens with one attached hydrogen (secondary N) is 1. The molecule has 0 radical (unpaired) electrons. The average molecular weight is 286 g/mol. The summed E-state index contributed by atoms with van der Waals surface area (Å²) in [5, 5.41) is 24.1. The number of aryl methyl sites for hydroxylation is 2. The SMILES string of the molecule is CCc1ccc(NCc2cccc(C)c2O)cc1[N+](=O)[O-]. The standard InChI is InChI=1S/C16H18N2O3/c1-3-12-7-8-14(9-15(12)18(20)21)17-10-13-6-4-5-11(2)16(13)19/h4-9,17,19H,3,10H2,1-2H3. The fourth-order valence-electron chi connectivity index (χ4n) is 2.20. The maximum atomic E-state index is 11.0. The highest BCUT2D eigenvalue weighted by molar-refractivity contribution is 5.56. The Morgan fingerprint density at radius 1 is 1.24 bits per heavy atom. The Morgan fingerprint density at radius 3 is 2.67 bits per heavy atom. The lowest BCUT2D eigenvalue weighted by Gasteiger charge is -2.10. The molecule has 0 aliphatic carbocycles. The van der Waals surface area contributed by atoms with Crippen LogP contribution in [0, 0.1) is 17.0 Å². The second-order valence-electron chi connectivity index (χ2n) is 4.89. The van der Waals surface area contributed by atoms with Crippen molar-refractivity contribution in [3.05, 3.63) is 63.2 Å². The number of hydrogen-bond donors (Lipinski definition) is 2. The summed E-state index contributed by atoms with van der Waals surface area (Å²) in [7, 11) is 0. The minimum absolute atomic E-state index is 0.121. The molecule has 0 heterocycles. The molecule has 0 bridgehead atoms. The van der Waals surface area contributed by atoms with Gasteiger partial charge in [-0.05, 0) is 25.0 Å². The van der Waals surface area contributed by atoms with Gasteiger partial charge < -0.3 is 10.4 Å². The van der Waals surface area contributed by atoms with Gasteiger partial charge >= 0.3 is 0 Å². The topological polar surface area (TPSA) is 75.4 Å². The molecule has 110 valence electrons. The fraction of sp³-hybridized carbons (Fsp3) is 0.250. The number of nitrogens with zero attached hydrogens (tertiary/aromatic N) is 1. The number of benzene rings is 2. The molecule has 2 aromatic carbocycles. The Hall–Kier alpha value is -2.56. The van der Waals surface area contributed by atoms with E-state index >= 15 is 0 Å². The third-order valence-electron chi connectivity index (χ3n) is 3.47. The van der Waals surface area contributed by atoms with Crippen LogP contribution in [-0.4, -0.2) is 10.0 Å². The molecule has 21 heavy (non-hydrogen) atoms. The maximum absolute atomic E-state index is 11.0. The number of phenols is 1. The number of hydrogen-bond acceptors (Lipinski definition) is 4. The van der Waals surface area contributed by atoms with Crippen molar-refractivity contribution < 1.29 is 10.0 Å². The van der Waals surface area contributed by atoms with Crippen LogP contribution in [0.4, 0.5) is 11.4 Å². The third kappa shape index (κ3) is 3.31. The van der Waals surface area contributed by atoms with Crippen LogP contribution < -0.4 is 5.32 Å². The Balaban J connectivity index is 2.19. The second kappa shape index (κ2) is 6.26. The highest BCUT2D eigenvalue weighted by atomic mass is 16.6. The number of anilines is 1. The van der Waals surface area contributed by atoms with Crippen LogP contribution >= 0.6 is 0 Å². The van der Waals surface area contributed by atoms with Crippen molar-refractivity contribution in [1.29, 1.82) is 0 Å². The smallest absolute Gasteiger partial charge is 0.274 e. The first-order valence-corrected chi connectivity index (χ1v) is 6.81. The van der Waals surface area contributed by atoms with Crippen LogP contribution in [0.5, 0.6) is 5.75 Å². The molecule has 2 N–H and O–H groups in total. The highest BCUT2D eigenvalue weighted by Crippen LogP contribution is 2.26. The molecule has 0 saturated heterocycles. The average Bonchev–Trinajstić information content (AvgIpc) is 2.48.